The summed E-state index contributed by atoms with van der Waals surface area (Å²) in [7, 11) is 3.80. The number of aryl methyl sites for hydroxylation is 1. The number of benzene rings is 1. The van der Waals surface area contributed by atoms with E-state index >= 15 is 0 Å². The number of hydrogen-bond acceptors (Lipinski definition) is 2. The number of likely N-dealkylation sites (N-methyl/N-ethyl adjacent to an activating group) is 1. The summed E-state index contributed by atoms with van der Waals surface area (Å²) in [6.07, 6.45) is 7.99. The third-order valence-electron chi connectivity index (χ3n) is 5.91. The summed E-state index contributed by atoms with van der Waals surface area (Å²) in [6.45, 7) is 3.33. The maximum atomic E-state index is 13.3. The fourth-order valence-corrected chi connectivity index (χ4v) is 4.06. The van der Waals surface area contributed by atoms with Crippen LogP contribution in [0.3, 0.4) is 0 Å². The van der Waals surface area contributed by atoms with Gasteiger partial charge in [0.25, 0.3) is 11.7 Å². The zero-order chi connectivity index (χ0) is 18.7. The molecule has 1 aliphatic rings. The largest absolute Gasteiger partial charge is 1.00 e. The summed E-state index contributed by atoms with van der Waals surface area (Å²) in [5, 5.41) is 11.6. The van der Waals surface area contributed by atoms with Crippen LogP contribution >= 0.6 is 0 Å². The van der Waals surface area contributed by atoms with Gasteiger partial charge in [-0.15, -0.1) is 0 Å². The molecule has 0 spiro atoms. The molecule has 3 rings (SSSR count). The maximum Gasteiger partial charge on any atom is 0.259 e. The monoisotopic (exact) mass is 483 g/mol. The number of aromatic nitrogens is 2. The predicted molar refractivity (Wildman–Crippen MR) is 100 cm³/mol. The molecule has 1 aliphatic carbocycles. The fraction of sp³-hybridized carbons (Fsp3) is 0.524. The Bertz CT molecular complexity index is 756. The minimum Gasteiger partial charge on any atom is -1.00 e. The molecule has 1 atom stereocenters. The van der Waals surface area contributed by atoms with Crippen LogP contribution in [0.25, 0.3) is 0 Å². The van der Waals surface area contributed by atoms with E-state index in [9.17, 15) is 9.90 Å². The lowest BCUT2D eigenvalue weighted by Gasteiger charge is -2.36. The molecular formula is C21H30IN3O2. The van der Waals surface area contributed by atoms with Crippen molar-refractivity contribution in [2.75, 3.05) is 13.6 Å². The molecule has 1 aromatic carbocycles. The van der Waals surface area contributed by atoms with Crippen LogP contribution in [0.4, 0.5) is 0 Å². The molecular weight excluding hydrogens is 453 g/mol. The topological polar surface area (TPSA) is 49.4 Å². The molecule has 1 N–H and O–H groups in total. The van der Waals surface area contributed by atoms with E-state index in [0.29, 0.717) is 18.7 Å². The van der Waals surface area contributed by atoms with E-state index in [2.05, 4.69) is 16.1 Å². The second-order valence-electron chi connectivity index (χ2n) is 7.49. The molecule has 0 saturated heterocycles. The molecule has 6 heteroatoms. The molecule has 1 amide bonds. The van der Waals surface area contributed by atoms with Crippen molar-refractivity contribution in [1.29, 1.82) is 0 Å². The zero-order valence-corrected chi connectivity index (χ0v) is 18.6. The van der Waals surface area contributed by atoms with Crippen molar-refractivity contribution in [3.8, 4) is 0 Å². The van der Waals surface area contributed by atoms with Gasteiger partial charge < -0.3 is 34.0 Å². The molecule has 148 valence electrons. The number of carbonyl (C=O) groups excluding carboxylic acids is 1. The van der Waals surface area contributed by atoms with E-state index in [0.717, 1.165) is 31.5 Å². The van der Waals surface area contributed by atoms with Crippen molar-refractivity contribution in [1.82, 2.24) is 9.47 Å². The van der Waals surface area contributed by atoms with Gasteiger partial charge in [-0.1, -0.05) is 43.2 Å². The van der Waals surface area contributed by atoms with E-state index < -0.39 is 5.60 Å². The Balaban J connectivity index is 0.00000261. The minimum absolute atomic E-state index is 0. The summed E-state index contributed by atoms with van der Waals surface area (Å²) in [5.41, 5.74) is -0.713. The minimum atomic E-state index is -1.43. The first-order valence-electron chi connectivity index (χ1n) is 9.49. The van der Waals surface area contributed by atoms with Crippen molar-refractivity contribution in [3.05, 3.63) is 54.1 Å². The van der Waals surface area contributed by atoms with E-state index in [4.69, 9.17) is 0 Å². The number of halogens is 1. The summed E-state index contributed by atoms with van der Waals surface area (Å²) in [5.74, 6) is 0.940. The number of carbonyl (C=O) groups is 1. The third-order valence-corrected chi connectivity index (χ3v) is 5.91. The van der Waals surface area contributed by atoms with Crippen LogP contribution in [-0.2, 0) is 24.0 Å². The van der Waals surface area contributed by atoms with Gasteiger partial charge in [0.15, 0.2) is 5.60 Å². The van der Waals surface area contributed by atoms with Crippen LogP contribution in [0.5, 0.6) is 0 Å². The highest BCUT2D eigenvalue weighted by Gasteiger charge is 2.47. The van der Waals surface area contributed by atoms with Gasteiger partial charge in [-0.3, -0.25) is 4.79 Å². The van der Waals surface area contributed by atoms with Crippen LogP contribution in [-0.4, -0.2) is 34.1 Å². The molecule has 0 bridgehead atoms. The normalized spacial score (nSPS) is 16.6. The first kappa shape index (κ1) is 21.9. The second kappa shape index (κ2) is 9.19. The molecule has 27 heavy (non-hydrogen) atoms. The van der Waals surface area contributed by atoms with Crippen LogP contribution < -0.4 is 28.5 Å². The SMILES string of the molecule is Cc1n(CCN(C)C(=O)C(O)(c2ccccc2)C2CCCC2)cc[n+]1C.[I-]. The van der Waals surface area contributed by atoms with Gasteiger partial charge in [0.05, 0.1) is 13.6 Å². The highest BCUT2D eigenvalue weighted by molar-refractivity contribution is 5.86. The number of amides is 1. The van der Waals surface area contributed by atoms with Gasteiger partial charge in [0.2, 0.25) is 0 Å². The quantitative estimate of drug-likeness (QED) is 0.431. The molecule has 5 nitrogen and oxygen atoms in total. The predicted octanol–water partition coefficient (Wildman–Crippen LogP) is -0.839. The lowest BCUT2D eigenvalue weighted by molar-refractivity contribution is -0.677. The van der Waals surface area contributed by atoms with Crippen LogP contribution in [0.1, 0.15) is 37.1 Å². The Kier molecular flexibility index (Phi) is 7.45. The van der Waals surface area contributed by atoms with E-state index in [1.54, 1.807) is 11.9 Å². The van der Waals surface area contributed by atoms with Crippen LogP contribution in [0.2, 0.25) is 0 Å². The molecule has 2 aromatic rings. The van der Waals surface area contributed by atoms with Crippen LogP contribution in [0, 0.1) is 12.8 Å². The Morgan fingerprint density at radius 2 is 1.93 bits per heavy atom. The number of hydrogen-bond donors (Lipinski definition) is 1. The molecule has 1 unspecified atom stereocenters. The highest BCUT2D eigenvalue weighted by Crippen LogP contribution is 2.41. The van der Waals surface area contributed by atoms with Gasteiger partial charge in [-0.05, 0) is 18.4 Å². The Morgan fingerprint density at radius 1 is 1.30 bits per heavy atom. The lowest BCUT2D eigenvalue weighted by Crippen LogP contribution is -3.00. The van der Waals surface area contributed by atoms with Crippen molar-refractivity contribution in [3.63, 3.8) is 0 Å². The maximum absolute atomic E-state index is 13.3. The third kappa shape index (κ3) is 4.37. The van der Waals surface area contributed by atoms with Crippen LogP contribution in [0.15, 0.2) is 42.7 Å². The Labute approximate surface area is 179 Å². The average Bonchev–Trinajstić information content (AvgIpc) is 3.31. The first-order chi connectivity index (χ1) is 12.4. The summed E-state index contributed by atoms with van der Waals surface area (Å²) in [4.78, 5) is 15.0. The van der Waals surface area contributed by atoms with Gasteiger partial charge in [0.1, 0.15) is 18.9 Å². The summed E-state index contributed by atoms with van der Waals surface area (Å²) < 4.78 is 4.18. The van der Waals surface area contributed by atoms with Crippen molar-refractivity contribution in [2.24, 2.45) is 13.0 Å². The van der Waals surface area contributed by atoms with Gasteiger partial charge >= 0.3 is 0 Å². The van der Waals surface area contributed by atoms with Gasteiger partial charge in [0, 0.05) is 19.9 Å². The Morgan fingerprint density at radius 3 is 2.48 bits per heavy atom. The zero-order valence-electron chi connectivity index (χ0n) is 16.4. The lowest BCUT2D eigenvalue weighted by atomic mass is 9.79. The van der Waals surface area contributed by atoms with E-state index in [-0.39, 0.29) is 35.8 Å². The van der Waals surface area contributed by atoms with E-state index in [1.807, 2.05) is 49.8 Å². The van der Waals surface area contributed by atoms with Crippen molar-refractivity contribution >= 4 is 5.91 Å². The second-order valence-corrected chi connectivity index (χ2v) is 7.49. The molecule has 1 fully saturated rings. The van der Waals surface area contributed by atoms with Gasteiger partial charge in [-0.2, -0.15) is 0 Å². The summed E-state index contributed by atoms with van der Waals surface area (Å²) >= 11 is 0. The number of aliphatic hydroxyl groups is 1. The number of imidazole rings is 1. The standard InChI is InChI=1S/C21H30N3O2.HI/c1-17-22(2)13-15-24(17)16-14-23(3)20(25)21(26,19-11-7-8-12-19)18-9-5-4-6-10-18;/h4-6,9-10,13,15,19,26H,7-8,11-12,14,16H2,1-3H3;1H/q+1;/p-1. The van der Waals surface area contributed by atoms with Crippen molar-refractivity contribution < 1.29 is 38.4 Å². The molecule has 1 heterocycles. The number of rotatable bonds is 6. The van der Waals surface area contributed by atoms with Gasteiger partial charge in [-0.25, -0.2) is 9.13 Å². The highest BCUT2D eigenvalue weighted by atomic mass is 127. The fourth-order valence-electron chi connectivity index (χ4n) is 4.06. The smallest absolute Gasteiger partial charge is 0.259 e. The molecule has 1 aromatic heterocycles. The molecule has 0 aliphatic heterocycles. The number of nitrogens with zero attached hydrogens (tertiary/aromatic N) is 3. The molecule has 0 radical (unpaired) electrons. The van der Waals surface area contributed by atoms with Crippen molar-refractivity contribution in [2.45, 2.75) is 44.8 Å². The van der Waals surface area contributed by atoms with E-state index in [1.165, 1.54) is 0 Å². The molecule has 1 saturated carbocycles. The average molecular weight is 483 g/mol. The summed E-state index contributed by atoms with van der Waals surface area (Å²) in [6, 6.07) is 9.46. The first-order valence-corrected chi connectivity index (χ1v) is 9.49. The Hall–Kier alpha value is -1.41.